The Labute approximate surface area is 120 Å². The first kappa shape index (κ1) is 14.4. The zero-order chi connectivity index (χ0) is 14.4. The molecular weight excluding hydrogens is 248 g/mol. The molecule has 0 aliphatic heterocycles. The minimum Gasteiger partial charge on any atom is -0.361 e. The molecule has 1 amide bonds. The number of aromatic nitrogens is 1. The summed E-state index contributed by atoms with van der Waals surface area (Å²) in [7, 11) is 0. The van der Waals surface area contributed by atoms with Gasteiger partial charge in [0.05, 0.1) is 0 Å². The normalized spacial score (nSPS) is 10.7. The van der Waals surface area contributed by atoms with Crippen molar-refractivity contribution in [2.24, 2.45) is 0 Å². The predicted molar refractivity (Wildman–Crippen MR) is 83.7 cm³/mol. The summed E-state index contributed by atoms with van der Waals surface area (Å²) in [6.45, 7) is 7.08. The molecule has 0 fully saturated rings. The summed E-state index contributed by atoms with van der Waals surface area (Å²) in [4.78, 5) is 17.1. The fourth-order valence-corrected chi connectivity index (χ4v) is 2.49. The second-order valence-electron chi connectivity index (χ2n) is 4.93. The lowest BCUT2D eigenvalue weighted by Crippen LogP contribution is -2.30. The molecule has 0 aliphatic carbocycles. The highest BCUT2D eigenvalue weighted by molar-refractivity contribution is 5.83. The van der Waals surface area contributed by atoms with Crippen molar-refractivity contribution in [3.8, 4) is 0 Å². The number of rotatable bonds is 7. The Balaban J connectivity index is 1.89. The number of carbonyl (C=O) groups excluding carboxylic acids is 1. The highest BCUT2D eigenvalue weighted by atomic mass is 16.2. The number of fused-ring (bicyclic) bond motifs is 1. The van der Waals surface area contributed by atoms with Crippen LogP contribution in [-0.4, -0.2) is 28.9 Å². The number of H-pyrrole nitrogens is 1. The first-order chi connectivity index (χ1) is 9.76. The summed E-state index contributed by atoms with van der Waals surface area (Å²) < 4.78 is 0. The second kappa shape index (κ2) is 6.94. The van der Waals surface area contributed by atoms with Crippen LogP contribution in [0.2, 0.25) is 0 Å². The maximum atomic E-state index is 12.0. The minimum absolute atomic E-state index is 0.215. The molecule has 0 unspecified atom stereocenters. The van der Waals surface area contributed by atoms with E-state index in [0.717, 1.165) is 24.9 Å². The predicted octanol–water partition coefficient (Wildman–Crippen LogP) is 3.53. The molecule has 0 radical (unpaired) electrons. The molecule has 0 atom stereocenters. The first-order valence-electron chi connectivity index (χ1n) is 7.20. The van der Waals surface area contributed by atoms with Gasteiger partial charge in [0.25, 0.3) is 0 Å². The lowest BCUT2D eigenvalue weighted by Gasteiger charge is -2.18. The fourth-order valence-electron chi connectivity index (χ4n) is 2.49. The van der Waals surface area contributed by atoms with E-state index in [2.05, 4.69) is 29.9 Å². The van der Waals surface area contributed by atoms with Crippen LogP contribution in [0.4, 0.5) is 0 Å². The summed E-state index contributed by atoms with van der Waals surface area (Å²) in [5.41, 5.74) is 2.45. The molecule has 0 aliphatic rings. The molecule has 0 saturated carbocycles. The molecule has 2 rings (SSSR count). The van der Waals surface area contributed by atoms with E-state index >= 15 is 0 Å². The van der Waals surface area contributed by atoms with Crippen LogP contribution in [0.1, 0.15) is 25.3 Å². The van der Waals surface area contributed by atoms with E-state index in [1.165, 1.54) is 10.9 Å². The number of amides is 1. The van der Waals surface area contributed by atoms with Crippen LogP contribution in [0.25, 0.3) is 10.9 Å². The van der Waals surface area contributed by atoms with Gasteiger partial charge in [0, 0.05) is 36.6 Å². The summed E-state index contributed by atoms with van der Waals surface area (Å²) >= 11 is 0. The summed E-state index contributed by atoms with van der Waals surface area (Å²) in [6, 6.07) is 8.28. The Morgan fingerprint density at radius 1 is 1.40 bits per heavy atom. The van der Waals surface area contributed by atoms with Crippen LogP contribution >= 0.6 is 0 Å². The molecule has 1 aromatic heterocycles. The Kier molecular flexibility index (Phi) is 4.99. The van der Waals surface area contributed by atoms with E-state index in [1.807, 2.05) is 24.0 Å². The molecule has 3 heteroatoms. The third kappa shape index (κ3) is 3.29. The molecule has 0 spiro atoms. The van der Waals surface area contributed by atoms with Crippen molar-refractivity contribution in [2.45, 2.75) is 26.2 Å². The van der Waals surface area contributed by atoms with Crippen molar-refractivity contribution in [2.75, 3.05) is 13.1 Å². The molecule has 20 heavy (non-hydrogen) atoms. The molecule has 3 nitrogen and oxygen atoms in total. The minimum atomic E-state index is 0.215. The van der Waals surface area contributed by atoms with E-state index in [0.29, 0.717) is 13.0 Å². The van der Waals surface area contributed by atoms with E-state index in [-0.39, 0.29) is 5.91 Å². The van der Waals surface area contributed by atoms with Gasteiger partial charge in [0.1, 0.15) is 0 Å². The zero-order valence-corrected chi connectivity index (χ0v) is 12.1. The smallest absolute Gasteiger partial charge is 0.222 e. The van der Waals surface area contributed by atoms with Gasteiger partial charge in [-0.25, -0.2) is 0 Å². The van der Waals surface area contributed by atoms with E-state index in [9.17, 15) is 4.79 Å². The highest BCUT2D eigenvalue weighted by Crippen LogP contribution is 2.19. The average Bonchev–Trinajstić information content (AvgIpc) is 2.88. The number of likely N-dealkylation sites (N-methyl/N-ethyl adjacent to an activating group) is 1. The maximum absolute atomic E-state index is 12.0. The van der Waals surface area contributed by atoms with Crippen LogP contribution in [0, 0.1) is 0 Å². The number of aromatic amines is 1. The Bertz CT molecular complexity index is 585. The lowest BCUT2D eigenvalue weighted by atomic mass is 10.1. The van der Waals surface area contributed by atoms with Gasteiger partial charge >= 0.3 is 0 Å². The number of para-hydroxylation sites is 1. The van der Waals surface area contributed by atoms with Crippen molar-refractivity contribution in [1.82, 2.24) is 9.88 Å². The molecule has 106 valence electrons. The van der Waals surface area contributed by atoms with Gasteiger partial charge in [-0.15, -0.1) is 6.58 Å². The Hall–Kier alpha value is -2.03. The number of nitrogens with one attached hydrogen (secondary N) is 1. The number of benzene rings is 1. The van der Waals surface area contributed by atoms with E-state index in [4.69, 9.17) is 0 Å². The fraction of sp³-hybridized carbons (Fsp3) is 0.353. The monoisotopic (exact) mass is 270 g/mol. The SMILES string of the molecule is C=CCN(CC)C(=O)CCCc1c[nH]c2ccccc12. The van der Waals surface area contributed by atoms with Gasteiger partial charge in [-0.05, 0) is 31.4 Å². The number of carbonyl (C=O) groups is 1. The third-order valence-electron chi connectivity index (χ3n) is 3.60. The summed E-state index contributed by atoms with van der Waals surface area (Å²) in [5, 5.41) is 1.26. The van der Waals surface area contributed by atoms with Crippen molar-refractivity contribution in [1.29, 1.82) is 0 Å². The maximum Gasteiger partial charge on any atom is 0.222 e. The molecule has 1 heterocycles. The average molecular weight is 270 g/mol. The van der Waals surface area contributed by atoms with Crippen molar-refractivity contribution < 1.29 is 4.79 Å². The van der Waals surface area contributed by atoms with Gasteiger partial charge in [0.2, 0.25) is 5.91 Å². The van der Waals surface area contributed by atoms with Crippen LogP contribution in [0.15, 0.2) is 43.1 Å². The lowest BCUT2D eigenvalue weighted by molar-refractivity contribution is -0.130. The quantitative estimate of drug-likeness (QED) is 0.768. The van der Waals surface area contributed by atoms with Crippen molar-refractivity contribution >= 4 is 16.8 Å². The van der Waals surface area contributed by atoms with Crippen LogP contribution in [-0.2, 0) is 11.2 Å². The van der Waals surface area contributed by atoms with Gasteiger partial charge in [-0.2, -0.15) is 0 Å². The van der Waals surface area contributed by atoms with Gasteiger partial charge in [0.15, 0.2) is 0 Å². The molecule has 1 N–H and O–H groups in total. The Morgan fingerprint density at radius 3 is 2.95 bits per heavy atom. The van der Waals surface area contributed by atoms with Gasteiger partial charge in [-0.3, -0.25) is 4.79 Å². The molecule has 0 bridgehead atoms. The van der Waals surface area contributed by atoms with E-state index < -0.39 is 0 Å². The van der Waals surface area contributed by atoms with E-state index in [1.54, 1.807) is 6.08 Å². The standard InChI is InChI=1S/C17H22N2O/c1-3-12-19(4-2)17(20)11-7-8-14-13-18-16-10-6-5-9-15(14)16/h3,5-6,9-10,13,18H,1,4,7-8,11-12H2,2H3. The molecule has 1 aromatic carbocycles. The number of hydrogen-bond donors (Lipinski definition) is 1. The Morgan fingerprint density at radius 2 is 2.20 bits per heavy atom. The third-order valence-corrected chi connectivity index (χ3v) is 3.60. The topological polar surface area (TPSA) is 36.1 Å². The number of hydrogen-bond acceptors (Lipinski definition) is 1. The largest absolute Gasteiger partial charge is 0.361 e. The summed E-state index contributed by atoms with van der Waals surface area (Å²) in [6.07, 6.45) is 6.24. The number of nitrogens with zero attached hydrogens (tertiary/aromatic N) is 1. The molecular formula is C17H22N2O. The van der Waals surface area contributed by atoms with Crippen LogP contribution in [0.3, 0.4) is 0 Å². The zero-order valence-electron chi connectivity index (χ0n) is 12.1. The van der Waals surface area contributed by atoms with Crippen LogP contribution < -0.4 is 0 Å². The first-order valence-corrected chi connectivity index (χ1v) is 7.20. The van der Waals surface area contributed by atoms with Gasteiger partial charge in [-0.1, -0.05) is 24.3 Å². The highest BCUT2D eigenvalue weighted by Gasteiger charge is 2.10. The molecule has 0 saturated heterocycles. The second-order valence-corrected chi connectivity index (χ2v) is 4.93. The van der Waals surface area contributed by atoms with Crippen molar-refractivity contribution in [3.63, 3.8) is 0 Å². The summed E-state index contributed by atoms with van der Waals surface area (Å²) in [5.74, 6) is 0.215. The van der Waals surface area contributed by atoms with Crippen LogP contribution in [0.5, 0.6) is 0 Å². The molecule has 2 aromatic rings. The van der Waals surface area contributed by atoms with Crippen molar-refractivity contribution in [3.05, 3.63) is 48.7 Å². The number of aryl methyl sites for hydroxylation is 1. The van der Waals surface area contributed by atoms with Gasteiger partial charge < -0.3 is 9.88 Å².